The molecular formula is C13H23N3. The molecule has 1 aromatic rings. The highest BCUT2D eigenvalue weighted by atomic mass is 15.1. The maximum Gasteiger partial charge on any atom is 0.0543 e. The SMILES string of the molecule is CC(CCCN)CN(C)Cc1ccccn1. The molecule has 0 saturated carbocycles. The number of pyridine rings is 1. The minimum atomic E-state index is 0.706. The molecule has 90 valence electrons. The molecule has 0 bridgehead atoms. The van der Waals surface area contributed by atoms with Crippen LogP contribution in [0.3, 0.4) is 0 Å². The monoisotopic (exact) mass is 221 g/mol. The molecule has 3 nitrogen and oxygen atoms in total. The van der Waals surface area contributed by atoms with Crippen LogP contribution in [0.25, 0.3) is 0 Å². The van der Waals surface area contributed by atoms with Gasteiger partial charge in [-0.1, -0.05) is 13.0 Å². The average Bonchev–Trinajstić information content (AvgIpc) is 2.27. The van der Waals surface area contributed by atoms with Crippen LogP contribution in [-0.2, 0) is 6.54 Å². The maximum atomic E-state index is 5.51. The number of hydrogen-bond donors (Lipinski definition) is 1. The zero-order valence-corrected chi connectivity index (χ0v) is 10.4. The number of nitrogens with zero attached hydrogens (tertiary/aromatic N) is 2. The summed E-state index contributed by atoms with van der Waals surface area (Å²) in [4.78, 5) is 6.65. The molecule has 3 heteroatoms. The van der Waals surface area contributed by atoms with E-state index in [9.17, 15) is 0 Å². The van der Waals surface area contributed by atoms with E-state index in [1.807, 2.05) is 18.3 Å². The van der Waals surface area contributed by atoms with Gasteiger partial charge in [-0.15, -0.1) is 0 Å². The lowest BCUT2D eigenvalue weighted by molar-refractivity contribution is 0.267. The van der Waals surface area contributed by atoms with Crippen LogP contribution in [0.2, 0.25) is 0 Å². The van der Waals surface area contributed by atoms with E-state index in [0.717, 1.165) is 31.7 Å². The molecule has 0 radical (unpaired) electrons. The summed E-state index contributed by atoms with van der Waals surface area (Å²) in [5.74, 6) is 0.706. The van der Waals surface area contributed by atoms with Crippen LogP contribution in [0.15, 0.2) is 24.4 Å². The van der Waals surface area contributed by atoms with Crippen LogP contribution in [0.4, 0.5) is 0 Å². The molecule has 0 spiro atoms. The molecule has 0 aliphatic heterocycles. The molecule has 0 aromatic carbocycles. The van der Waals surface area contributed by atoms with E-state index in [-0.39, 0.29) is 0 Å². The lowest BCUT2D eigenvalue weighted by atomic mass is 10.1. The van der Waals surface area contributed by atoms with Crippen molar-refractivity contribution in [3.05, 3.63) is 30.1 Å². The largest absolute Gasteiger partial charge is 0.330 e. The first kappa shape index (κ1) is 13.1. The van der Waals surface area contributed by atoms with E-state index in [2.05, 4.69) is 29.9 Å². The molecule has 1 unspecified atom stereocenters. The third-order valence-corrected chi connectivity index (χ3v) is 2.68. The van der Waals surface area contributed by atoms with Crippen molar-refractivity contribution in [1.29, 1.82) is 0 Å². The van der Waals surface area contributed by atoms with Crippen molar-refractivity contribution in [2.75, 3.05) is 20.1 Å². The first-order chi connectivity index (χ1) is 7.72. The number of rotatable bonds is 7. The Morgan fingerprint density at radius 3 is 2.88 bits per heavy atom. The van der Waals surface area contributed by atoms with Gasteiger partial charge < -0.3 is 10.6 Å². The van der Waals surface area contributed by atoms with Gasteiger partial charge in [-0.05, 0) is 44.5 Å². The van der Waals surface area contributed by atoms with E-state index < -0.39 is 0 Å². The van der Waals surface area contributed by atoms with E-state index in [1.54, 1.807) is 0 Å². The van der Waals surface area contributed by atoms with Crippen LogP contribution in [0, 0.1) is 5.92 Å². The summed E-state index contributed by atoms with van der Waals surface area (Å²) >= 11 is 0. The zero-order chi connectivity index (χ0) is 11.8. The van der Waals surface area contributed by atoms with Gasteiger partial charge in [0.15, 0.2) is 0 Å². The number of nitrogens with two attached hydrogens (primary N) is 1. The van der Waals surface area contributed by atoms with Crippen molar-refractivity contribution in [1.82, 2.24) is 9.88 Å². The highest BCUT2D eigenvalue weighted by Gasteiger charge is 2.06. The second-order valence-electron chi connectivity index (χ2n) is 4.55. The second kappa shape index (κ2) is 7.36. The number of aromatic nitrogens is 1. The summed E-state index contributed by atoms with van der Waals surface area (Å²) in [5, 5.41) is 0. The van der Waals surface area contributed by atoms with Crippen molar-refractivity contribution >= 4 is 0 Å². The summed E-state index contributed by atoms with van der Waals surface area (Å²) in [5.41, 5.74) is 6.64. The highest BCUT2D eigenvalue weighted by molar-refractivity contribution is 5.02. The molecule has 1 atom stereocenters. The summed E-state index contributed by atoms with van der Waals surface area (Å²) in [6.07, 6.45) is 4.18. The topological polar surface area (TPSA) is 42.1 Å². The van der Waals surface area contributed by atoms with Gasteiger partial charge in [0.05, 0.1) is 5.69 Å². The predicted octanol–water partition coefficient (Wildman–Crippen LogP) is 1.89. The van der Waals surface area contributed by atoms with Crippen LogP contribution < -0.4 is 5.73 Å². The van der Waals surface area contributed by atoms with E-state index in [4.69, 9.17) is 5.73 Å². The molecule has 0 aliphatic carbocycles. The van der Waals surface area contributed by atoms with Gasteiger partial charge in [-0.2, -0.15) is 0 Å². The minimum absolute atomic E-state index is 0.706. The Hall–Kier alpha value is -0.930. The van der Waals surface area contributed by atoms with Gasteiger partial charge in [-0.25, -0.2) is 0 Å². The van der Waals surface area contributed by atoms with Crippen molar-refractivity contribution in [2.24, 2.45) is 11.7 Å². The fourth-order valence-corrected chi connectivity index (χ4v) is 1.92. The van der Waals surface area contributed by atoms with Crippen LogP contribution in [0.1, 0.15) is 25.5 Å². The second-order valence-corrected chi connectivity index (χ2v) is 4.55. The van der Waals surface area contributed by atoms with Gasteiger partial charge in [0, 0.05) is 19.3 Å². The average molecular weight is 221 g/mol. The van der Waals surface area contributed by atoms with Crippen molar-refractivity contribution < 1.29 is 0 Å². The Kier molecular flexibility index (Phi) is 6.04. The lowest BCUT2D eigenvalue weighted by Crippen LogP contribution is -2.24. The van der Waals surface area contributed by atoms with Gasteiger partial charge in [0.1, 0.15) is 0 Å². The summed E-state index contributed by atoms with van der Waals surface area (Å²) < 4.78 is 0. The van der Waals surface area contributed by atoms with Crippen LogP contribution >= 0.6 is 0 Å². The minimum Gasteiger partial charge on any atom is -0.330 e. The summed E-state index contributed by atoms with van der Waals surface area (Å²) in [7, 11) is 2.15. The summed E-state index contributed by atoms with van der Waals surface area (Å²) in [6.45, 7) is 5.11. The lowest BCUT2D eigenvalue weighted by Gasteiger charge is -2.20. The van der Waals surface area contributed by atoms with Crippen molar-refractivity contribution in [3.8, 4) is 0 Å². The van der Waals surface area contributed by atoms with Gasteiger partial charge in [-0.3, -0.25) is 4.98 Å². The molecule has 0 aliphatic rings. The van der Waals surface area contributed by atoms with E-state index >= 15 is 0 Å². The van der Waals surface area contributed by atoms with Gasteiger partial charge in [0.2, 0.25) is 0 Å². The molecule has 2 N–H and O–H groups in total. The third-order valence-electron chi connectivity index (χ3n) is 2.68. The quantitative estimate of drug-likeness (QED) is 0.764. The first-order valence-electron chi connectivity index (χ1n) is 6.01. The Balaban J connectivity index is 2.27. The van der Waals surface area contributed by atoms with E-state index in [1.165, 1.54) is 6.42 Å². The number of hydrogen-bond acceptors (Lipinski definition) is 3. The van der Waals surface area contributed by atoms with E-state index in [0.29, 0.717) is 5.92 Å². The predicted molar refractivity (Wildman–Crippen MR) is 68.0 cm³/mol. The van der Waals surface area contributed by atoms with Crippen LogP contribution in [0.5, 0.6) is 0 Å². The molecule has 0 amide bonds. The van der Waals surface area contributed by atoms with Crippen LogP contribution in [-0.4, -0.2) is 30.0 Å². The normalized spacial score (nSPS) is 13.0. The van der Waals surface area contributed by atoms with Crippen molar-refractivity contribution in [3.63, 3.8) is 0 Å². The summed E-state index contributed by atoms with van der Waals surface area (Å²) in [6, 6.07) is 6.06. The zero-order valence-electron chi connectivity index (χ0n) is 10.4. The molecule has 0 fully saturated rings. The van der Waals surface area contributed by atoms with Crippen molar-refractivity contribution in [2.45, 2.75) is 26.3 Å². The standard InChI is InChI=1S/C13H23N3/c1-12(6-5-8-14)10-16(2)11-13-7-3-4-9-15-13/h3-4,7,9,12H,5-6,8,10-11,14H2,1-2H3. The third kappa shape index (κ3) is 5.24. The van der Waals surface area contributed by atoms with Gasteiger partial charge >= 0.3 is 0 Å². The molecule has 1 rings (SSSR count). The highest BCUT2D eigenvalue weighted by Crippen LogP contribution is 2.08. The fraction of sp³-hybridized carbons (Fsp3) is 0.615. The molecule has 1 aromatic heterocycles. The van der Waals surface area contributed by atoms with Gasteiger partial charge in [0.25, 0.3) is 0 Å². The molecule has 1 heterocycles. The molecular weight excluding hydrogens is 198 g/mol. The molecule has 0 saturated heterocycles. The molecule has 16 heavy (non-hydrogen) atoms. The fourth-order valence-electron chi connectivity index (χ4n) is 1.92. The Labute approximate surface area is 98.7 Å². The maximum absolute atomic E-state index is 5.51. The Morgan fingerprint density at radius 1 is 1.44 bits per heavy atom. The Morgan fingerprint density at radius 2 is 2.25 bits per heavy atom. The smallest absolute Gasteiger partial charge is 0.0543 e. The first-order valence-corrected chi connectivity index (χ1v) is 6.01. The Bertz CT molecular complexity index is 274.